The summed E-state index contributed by atoms with van der Waals surface area (Å²) in [5.74, 6) is 1.20. The Labute approximate surface area is 92.8 Å². The van der Waals surface area contributed by atoms with Crippen LogP contribution in [-0.2, 0) is 0 Å². The van der Waals surface area contributed by atoms with Gasteiger partial charge in [-0.2, -0.15) is 0 Å². The summed E-state index contributed by atoms with van der Waals surface area (Å²) >= 11 is 0. The Morgan fingerprint density at radius 1 is 1.19 bits per heavy atom. The van der Waals surface area contributed by atoms with Crippen LogP contribution < -0.4 is 14.9 Å². The molecule has 1 aromatic carbocycles. The van der Waals surface area contributed by atoms with Crippen molar-refractivity contribution in [1.82, 2.24) is 4.98 Å². The van der Waals surface area contributed by atoms with Crippen LogP contribution in [0.2, 0.25) is 0 Å². The Hall–Kier alpha value is -1.97. The van der Waals surface area contributed by atoms with Gasteiger partial charge in [0.15, 0.2) is 11.3 Å². The Balaban J connectivity index is 2.86. The largest absolute Gasteiger partial charge is 0.496 e. The SMILES string of the molecule is COc1cc(=O)c2ccc(OC)c(C)c2[nH]1. The lowest BCUT2D eigenvalue weighted by atomic mass is 10.1. The summed E-state index contributed by atoms with van der Waals surface area (Å²) in [5, 5.41) is 0.638. The number of pyridine rings is 1. The Morgan fingerprint density at radius 2 is 1.94 bits per heavy atom. The summed E-state index contributed by atoms with van der Waals surface area (Å²) in [6.07, 6.45) is 0. The van der Waals surface area contributed by atoms with Crippen LogP contribution in [0.4, 0.5) is 0 Å². The number of aromatic amines is 1. The molecular formula is C12H13NO3. The summed E-state index contributed by atoms with van der Waals surface area (Å²) in [6.45, 7) is 1.90. The van der Waals surface area contributed by atoms with Crippen LogP contribution >= 0.6 is 0 Å². The molecule has 0 amide bonds. The van der Waals surface area contributed by atoms with Crippen LogP contribution in [0.5, 0.6) is 11.6 Å². The second-order valence-corrected chi connectivity index (χ2v) is 3.52. The van der Waals surface area contributed by atoms with E-state index >= 15 is 0 Å². The van der Waals surface area contributed by atoms with E-state index in [4.69, 9.17) is 9.47 Å². The molecule has 0 aliphatic carbocycles. The molecule has 0 spiro atoms. The lowest BCUT2D eigenvalue weighted by molar-refractivity contribution is 0.398. The lowest BCUT2D eigenvalue weighted by Crippen LogP contribution is -2.04. The molecule has 0 bridgehead atoms. The first kappa shape index (κ1) is 10.5. The maximum Gasteiger partial charge on any atom is 0.194 e. The predicted octanol–water partition coefficient (Wildman–Crippen LogP) is 1.85. The van der Waals surface area contributed by atoms with Gasteiger partial charge >= 0.3 is 0 Å². The molecule has 0 saturated carbocycles. The predicted molar refractivity (Wildman–Crippen MR) is 62.4 cm³/mol. The zero-order chi connectivity index (χ0) is 11.7. The van der Waals surface area contributed by atoms with Gasteiger partial charge in [0.25, 0.3) is 0 Å². The highest BCUT2D eigenvalue weighted by Gasteiger charge is 2.08. The maximum absolute atomic E-state index is 11.8. The smallest absolute Gasteiger partial charge is 0.194 e. The molecule has 0 saturated heterocycles. The molecule has 16 heavy (non-hydrogen) atoms. The second kappa shape index (κ2) is 3.89. The van der Waals surface area contributed by atoms with Crippen molar-refractivity contribution in [2.75, 3.05) is 14.2 Å². The van der Waals surface area contributed by atoms with Crippen LogP contribution in [0.25, 0.3) is 10.9 Å². The minimum absolute atomic E-state index is 0.0589. The molecule has 1 heterocycles. The number of aryl methyl sites for hydroxylation is 1. The summed E-state index contributed by atoms with van der Waals surface area (Å²) in [4.78, 5) is 14.8. The molecule has 2 aromatic rings. The van der Waals surface area contributed by atoms with Gasteiger partial charge in [0, 0.05) is 17.0 Å². The number of aromatic nitrogens is 1. The first-order valence-corrected chi connectivity index (χ1v) is 4.92. The molecule has 1 N–H and O–H groups in total. The molecule has 2 rings (SSSR count). The number of rotatable bonds is 2. The number of H-pyrrole nitrogens is 1. The first-order chi connectivity index (χ1) is 7.67. The third-order valence-corrected chi connectivity index (χ3v) is 2.63. The molecular weight excluding hydrogens is 206 g/mol. The molecule has 0 atom stereocenters. The summed E-state index contributed by atoms with van der Waals surface area (Å²) < 4.78 is 10.2. The van der Waals surface area contributed by atoms with Gasteiger partial charge in [0.2, 0.25) is 0 Å². The van der Waals surface area contributed by atoms with Crippen LogP contribution in [0, 0.1) is 6.92 Å². The molecule has 0 aliphatic heterocycles. The van der Waals surface area contributed by atoms with E-state index < -0.39 is 0 Å². The number of hydrogen-bond donors (Lipinski definition) is 1. The van der Waals surface area contributed by atoms with Crippen molar-refractivity contribution in [1.29, 1.82) is 0 Å². The summed E-state index contributed by atoms with van der Waals surface area (Å²) in [6, 6.07) is 4.98. The van der Waals surface area contributed by atoms with Gasteiger partial charge in [-0.1, -0.05) is 0 Å². The highest BCUT2D eigenvalue weighted by Crippen LogP contribution is 2.24. The number of hydrogen-bond acceptors (Lipinski definition) is 3. The number of nitrogens with one attached hydrogen (secondary N) is 1. The highest BCUT2D eigenvalue weighted by molar-refractivity contribution is 5.84. The van der Waals surface area contributed by atoms with Gasteiger partial charge in [0.1, 0.15) is 5.75 Å². The van der Waals surface area contributed by atoms with Crippen molar-refractivity contribution < 1.29 is 9.47 Å². The molecule has 1 aromatic heterocycles. The Bertz CT molecular complexity index is 587. The van der Waals surface area contributed by atoms with Crippen molar-refractivity contribution in [3.8, 4) is 11.6 Å². The molecule has 84 valence electrons. The molecule has 0 radical (unpaired) electrons. The Morgan fingerprint density at radius 3 is 2.56 bits per heavy atom. The van der Waals surface area contributed by atoms with E-state index in [0.717, 1.165) is 16.8 Å². The molecule has 0 fully saturated rings. The van der Waals surface area contributed by atoms with E-state index in [1.54, 1.807) is 19.2 Å². The average molecular weight is 219 g/mol. The van der Waals surface area contributed by atoms with Crippen molar-refractivity contribution in [2.24, 2.45) is 0 Å². The number of methoxy groups -OCH3 is 2. The van der Waals surface area contributed by atoms with Gasteiger partial charge in [-0.25, -0.2) is 0 Å². The fraction of sp³-hybridized carbons (Fsp3) is 0.250. The van der Waals surface area contributed by atoms with Gasteiger partial charge in [-0.05, 0) is 19.1 Å². The second-order valence-electron chi connectivity index (χ2n) is 3.52. The molecule has 0 unspecified atom stereocenters. The van der Waals surface area contributed by atoms with Crippen molar-refractivity contribution >= 4 is 10.9 Å². The van der Waals surface area contributed by atoms with E-state index in [1.165, 1.54) is 13.2 Å². The minimum Gasteiger partial charge on any atom is -0.496 e. The third-order valence-electron chi connectivity index (χ3n) is 2.63. The van der Waals surface area contributed by atoms with Crippen molar-refractivity contribution in [3.63, 3.8) is 0 Å². The highest BCUT2D eigenvalue weighted by atomic mass is 16.5. The quantitative estimate of drug-likeness (QED) is 0.838. The monoisotopic (exact) mass is 219 g/mol. The van der Waals surface area contributed by atoms with Crippen molar-refractivity contribution in [2.45, 2.75) is 6.92 Å². The topological polar surface area (TPSA) is 51.3 Å². The van der Waals surface area contributed by atoms with Gasteiger partial charge in [0.05, 0.1) is 19.7 Å². The van der Waals surface area contributed by atoms with E-state index in [1.807, 2.05) is 6.92 Å². The molecule has 4 nitrogen and oxygen atoms in total. The zero-order valence-electron chi connectivity index (χ0n) is 9.46. The Kier molecular flexibility index (Phi) is 2.56. The van der Waals surface area contributed by atoms with E-state index in [9.17, 15) is 4.79 Å². The normalized spacial score (nSPS) is 10.4. The van der Waals surface area contributed by atoms with Gasteiger partial charge < -0.3 is 14.5 Å². The van der Waals surface area contributed by atoms with Gasteiger partial charge in [-0.3, -0.25) is 4.79 Å². The standard InChI is InChI=1S/C12H13NO3/c1-7-10(15-2)5-4-8-9(14)6-11(16-3)13-12(7)8/h4-6H,1-3H3,(H,13,14). The zero-order valence-corrected chi connectivity index (χ0v) is 9.46. The van der Waals surface area contributed by atoms with Crippen LogP contribution in [-0.4, -0.2) is 19.2 Å². The summed E-state index contributed by atoms with van der Waals surface area (Å²) in [7, 11) is 3.12. The van der Waals surface area contributed by atoms with E-state index in [0.29, 0.717) is 11.3 Å². The first-order valence-electron chi connectivity index (χ1n) is 4.92. The molecule has 0 aliphatic rings. The minimum atomic E-state index is -0.0589. The van der Waals surface area contributed by atoms with Crippen LogP contribution in [0.3, 0.4) is 0 Å². The number of benzene rings is 1. The fourth-order valence-electron chi connectivity index (χ4n) is 1.75. The summed E-state index contributed by atoms with van der Waals surface area (Å²) in [5.41, 5.74) is 1.59. The third kappa shape index (κ3) is 1.52. The van der Waals surface area contributed by atoms with E-state index in [-0.39, 0.29) is 5.43 Å². The van der Waals surface area contributed by atoms with Crippen LogP contribution in [0.1, 0.15) is 5.56 Å². The van der Waals surface area contributed by atoms with Crippen molar-refractivity contribution in [3.05, 3.63) is 34.0 Å². The van der Waals surface area contributed by atoms with Gasteiger partial charge in [-0.15, -0.1) is 0 Å². The lowest BCUT2D eigenvalue weighted by Gasteiger charge is -2.09. The number of fused-ring (bicyclic) bond motifs is 1. The average Bonchev–Trinajstić information content (AvgIpc) is 2.30. The van der Waals surface area contributed by atoms with E-state index in [2.05, 4.69) is 4.98 Å². The van der Waals surface area contributed by atoms with Crippen LogP contribution in [0.15, 0.2) is 23.0 Å². The fourth-order valence-corrected chi connectivity index (χ4v) is 1.75. The molecule has 4 heteroatoms. The maximum atomic E-state index is 11.8. The number of ether oxygens (including phenoxy) is 2.